The van der Waals surface area contributed by atoms with Crippen LogP contribution in [0, 0.1) is 5.82 Å². The number of halogens is 1. The van der Waals surface area contributed by atoms with E-state index in [1.807, 2.05) is 0 Å². The van der Waals surface area contributed by atoms with Gasteiger partial charge < -0.3 is 4.74 Å². The molecule has 0 unspecified atom stereocenters. The van der Waals surface area contributed by atoms with Crippen molar-refractivity contribution < 1.29 is 18.7 Å². The normalized spacial score (nSPS) is 10.1. The van der Waals surface area contributed by atoms with Crippen LogP contribution in [0.1, 0.15) is 13.3 Å². The molecule has 0 aliphatic heterocycles. The van der Waals surface area contributed by atoms with Crippen molar-refractivity contribution in [2.45, 2.75) is 19.9 Å². The highest BCUT2D eigenvalue weighted by Crippen LogP contribution is 1.92. The number of hydrogen-bond acceptors (Lipinski definition) is 5. The number of rotatable bonds is 5. The summed E-state index contributed by atoms with van der Waals surface area (Å²) in [6, 6.07) is 0. The van der Waals surface area contributed by atoms with Crippen LogP contribution in [0.15, 0.2) is 15.8 Å². The number of carbonyl (C=O) groups is 2. The molecule has 0 bridgehead atoms. The van der Waals surface area contributed by atoms with E-state index < -0.39 is 41.8 Å². The summed E-state index contributed by atoms with van der Waals surface area (Å²) in [6.45, 7) is 1.22. The maximum atomic E-state index is 12.9. The number of hydrogen-bond donors (Lipinski definition) is 1. The van der Waals surface area contributed by atoms with Gasteiger partial charge in [-0.05, 0) is 6.92 Å². The summed E-state index contributed by atoms with van der Waals surface area (Å²) in [5, 5.41) is 0. The second kappa shape index (κ2) is 5.89. The summed E-state index contributed by atoms with van der Waals surface area (Å²) in [5.74, 6) is -2.53. The van der Waals surface area contributed by atoms with Crippen LogP contribution >= 0.6 is 0 Å². The van der Waals surface area contributed by atoms with Gasteiger partial charge in [-0.3, -0.25) is 23.9 Å². The molecule has 18 heavy (non-hydrogen) atoms. The predicted octanol–water partition coefficient (Wildman–Crippen LogP) is -0.802. The topological polar surface area (TPSA) is 98.2 Å². The van der Waals surface area contributed by atoms with E-state index in [9.17, 15) is 23.6 Å². The second-order valence-electron chi connectivity index (χ2n) is 3.38. The first-order chi connectivity index (χ1) is 8.43. The molecule has 7 nitrogen and oxygen atoms in total. The maximum Gasteiger partial charge on any atom is 0.328 e. The zero-order valence-electron chi connectivity index (χ0n) is 9.57. The highest BCUT2D eigenvalue weighted by atomic mass is 19.1. The SMILES string of the molecule is CCOC(=O)CC(=O)Cn1cc(F)c(=O)[nH]c1=O. The summed E-state index contributed by atoms with van der Waals surface area (Å²) in [6.07, 6.45) is 0.102. The number of carbonyl (C=O) groups excluding carboxylic acids is 2. The molecule has 1 N–H and O–H groups in total. The molecule has 0 aliphatic carbocycles. The van der Waals surface area contributed by atoms with Crippen LogP contribution in [0.2, 0.25) is 0 Å². The summed E-state index contributed by atoms with van der Waals surface area (Å²) < 4.78 is 18.1. The van der Waals surface area contributed by atoms with Gasteiger partial charge in [0.1, 0.15) is 6.42 Å². The van der Waals surface area contributed by atoms with Crippen LogP contribution < -0.4 is 11.2 Å². The van der Waals surface area contributed by atoms with Gasteiger partial charge in [0, 0.05) is 0 Å². The standard InChI is InChI=1S/C10H11FN2O5/c1-2-18-8(15)3-6(14)4-13-5-7(11)9(16)12-10(13)17/h5H,2-4H2,1H3,(H,12,16,17). The molecule has 1 rings (SSSR count). The van der Waals surface area contributed by atoms with E-state index in [4.69, 9.17) is 0 Å². The van der Waals surface area contributed by atoms with Crippen molar-refractivity contribution in [2.24, 2.45) is 0 Å². The molecule has 0 amide bonds. The number of nitrogens with one attached hydrogen (secondary N) is 1. The number of ketones is 1. The fraction of sp³-hybridized carbons (Fsp3) is 0.400. The van der Waals surface area contributed by atoms with Crippen LogP contribution in [0.5, 0.6) is 0 Å². The Morgan fingerprint density at radius 2 is 2.11 bits per heavy atom. The molecule has 0 fully saturated rings. The molecular formula is C10H11FN2O5. The van der Waals surface area contributed by atoms with Crippen LogP contribution in [0.3, 0.4) is 0 Å². The lowest BCUT2D eigenvalue weighted by molar-refractivity contribution is -0.145. The molecule has 0 radical (unpaired) electrons. The van der Waals surface area contributed by atoms with Gasteiger partial charge in [-0.15, -0.1) is 0 Å². The number of H-pyrrole nitrogens is 1. The number of Topliss-reactive ketones (excluding diaryl/α,β-unsaturated/α-hetero) is 1. The summed E-state index contributed by atoms with van der Waals surface area (Å²) in [7, 11) is 0. The Balaban J connectivity index is 2.77. The number of ether oxygens (including phenoxy) is 1. The van der Waals surface area contributed by atoms with E-state index in [0.29, 0.717) is 10.8 Å². The number of esters is 1. The Morgan fingerprint density at radius 3 is 2.72 bits per heavy atom. The van der Waals surface area contributed by atoms with Gasteiger partial charge in [-0.25, -0.2) is 4.79 Å². The molecular weight excluding hydrogens is 247 g/mol. The molecule has 98 valence electrons. The zero-order chi connectivity index (χ0) is 13.7. The fourth-order valence-corrected chi connectivity index (χ4v) is 1.22. The molecule has 0 saturated carbocycles. The molecule has 1 aromatic heterocycles. The average Bonchev–Trinajstić information content (AvgIpc) is 2.26. The zero-order valence-corrected chi connectivity index (χ0v) is 9.57. The lowest BCUT2D eigenvalue weighted by Gasteiger charge is -2.04. The third kappa shape index (κ3) is 3.65. The molecule has 1 aromatic rings. The van der Waals surface area contributed by atoms with Crippen molar-refractivity contribution in [1.29, 1.82) is 0 Å². The summed E-state index contributed by atoms with van der Waals surface area (Å²) in [5.41, 5.74) is -2.08. The Labute approximate surface area is 100 Å². The van der Waals surface area contributed by atoms with Gasteiger partial charge in [0.25, 0.3) is 5.56 Å². The first kappa shape index (κ1) is 13.8. The van der Waals surface area contributed by atoms with Crippen LogP contribution in [0.25, 0.3) is 0 Å². The highest BCUT2D eigenvalue weighted by Gasteiger charge is 2.12. The monoisotopic (exact) mass is 258 g/mol. The minimum absolute atomic E-state index is 0.138. The number of aromatic nitrogens is 2. The van der Waals surface area contributed by atoms with Gasteiger partial charge >= 0.3 is 11.7 Å². The first-order valence-corrected chi connectivity index (χ1v) is 5.10. The quantitative estimate of drug-likeness (QED) is 0.550. The Hall–Kier alpha value is -2.25. The Bertz CT molecular complexity index is 574. The van der Waals surface area contributed by atoms with Crippen molar-refractivity contribution in [3.63, 3.8) is 0 Å². The molecule has 0 atom stereocenters. The molecule has 8 heteroatoms. The Morgan fingerprint density at radius 1 is 1.44 bits per heavy atom. The van der Waals surface area contributed by atoms with E-state index in [-0.39, 0.29) is 6.61 Å². The van der Waals surface area contributed by atoms with Crippen molar-refractivity contribution in [3.8, 4) is 0 Å². The average molecular weight is 258 g/mol. The third-order valence-electron chi connectivity index (χ3n) is 1.96. The van der Waals surface area contributed by atoms with Gasteiger partial charge in [-0.2, -0.15) is 4.39 Å². The van der Waals surface area contributed by atoms with Gasteiger partial charge in [0.05, 0.1) is 19.3 Å². The van der Waals surface area contributed by atoms with E-state index in [1.165, 1.54) is 0 Å². The van der Waals surface area contributed by atoms with Crippen LogP contribution in [-0.2, 0) is 20.9 Å². The van der Waals surface area contributed by atoms with Gasteiger partial charge in [-0.1, -0.05) is 0 Å². The van der Waals surface area contributed by atoms with Crippen molar-refractivity contribution in [2.75, 3.05) is 6.61 Å². The minimum Gasteiger partial charge on any atom is -0.466 e. The largest absolute Gasteiger partial charge is 0.466 e. The Kier molecular flexibility index (Phi) is 4.52. The van der Waals surface area contributed by atoms with E-state index >= 15 is 0 Å². The smallest absolute Gasteiger partial charge is 0.328 e. The molecule has 0 spiro atoms. The predicted molar refractivity (Wildman–Crippen MR) is 57.5 cm³/mol. The summed E-state index contributed by atoms with van der Waals surface area (Å²) in [4.78, 5) is 46.0. The van der Waals surface area contributed by atoms with E-state index in [0.717, 1.165) is 0 Å². The number of aromatic amines is 1. The molecule has 0 aromatic carbocycles. The lowest BCUT2D eigenvalue weighted by atomic mass is 10.3. The van der Waals surface area contributed by atoms with Gasteiger partial charge in [0.15, 0.2) is 5.78 Å². The van der Waals surface area contributed by atoms with Crippen molar-refractivity contribution in [1.82, 2.24) is 9.55 Å². The highest BCUT2D eigenvalue weighted by molar-refractivity contribution is 5.95. The first-order valence-electron chi connectivity index (χ1n) is 5.10. The van der Waals surface area contributed by atoms with Crippen LogP contribution in [0.4, 0.5) is 4.39 Å². The van der Waals surface area contributed by atoms with Crippen molar-refractivity contribution >= 4 is 11.8 Å². The van der Waals surface area contributed by atoms with Crippen molar-refractivity contribution in [3.05, 3.63) is 32.9 Å². The van der Waals surface area contributed by atoms with Crippen LogP contribution in [-0.4, -0.2) is 27.9 Å². The van der Waals surface area contributed by atoms with E-state index in [2.05, 4.69) is 4.74 Å². The number of nitrogens with zero attached hydrogens (tertiary/aromatic N) is 1. The third-order valence-corrected chi connectivity index (χ3v) is 1.96. The summed E-state index contributed by atoms with van der Waals surface area (Å²) >= 11 is 0. The molecule has 0 saturated heterocycles. The maximum absolute atomic E-state index is 12.9. The van der Waals surface area contributed by atoms with Gasteiger partial charge in [0.2, 0.25) is 5.82 Å². The molecule has 0 aliphatic rings. The minimum atomic E-state index is -1.18. The fourth-order valence-electron chi connectivity index (χ4n) is 1.22. The second-order valence-corrected chi connectivity index (χ2v) is 3.38. The molecule has 1 heterocycles. The lowest BCUT2D eigenvalue weighted by Crippen LogP contribution is -2.33. The van der Waals surface area contributed by atoms with E-state index in [1.54, 1.807) is 11.9 Å².